The van der Waals surface area contributed by atoms with Crippen LogP contribution in [0.1, 0.15) is 13.8 Å². The van der Waals surface area contributed by atoms with Crippen molar-refractivity contribution >= 4 is 34.7 Å². The molecule has 1 amide bonds. The van der Waals surface area contributed by atoms with Crippen LogP contribution in [-0.2, 0) is 4.79 Å². The molecule has 0 bridgehead atoms. The van der Waals surface area contributed by atoms with E-state index in [2.05, 4.69) is 20.5 Å². The molecule has 130 valence electrons. The first-order chi connectivity index (χ1) is 11.9. The van der Waals surface area contributed by atoms with E-state index in [1.54, 1.807) is 42.4 Å². The molecule has 0 spiro atoms. The third kappa shape index (κ3) is 3.02. The molecule has 0 radical (unpaired) electrons. The summed E-state index contributed by atoms with van der Waals surface area (Å²) < 4.78 is 0. The molecule has 0 saturated carbocycles. The number of hydrogen-bond acceptors (Lipinski definition) is 7. The predicted molar refractivity (Wildman–Crippen MR) is 97.7 cm³/mol. The lowest BCUT2D eigenvalue weighted by Crippen LogP contribution is -2.53. The monoisotopic (exact) mass is 340 g/mol. The van der Waals surface area contributed by atoms with Crippen LogP contribution in [0.5, 0.6) is 0 Å². The second kappa shape index (κ2) is 6.46. The van der Waals surface area contributed by atoms with Crippen molar-refractivity contribution in [2.24, 2.45) is 11.1 Å². The van der Waals surface area contributed by atoms with Crippen molar-refractivity contribution in [3.8, 4) is 0 Å². The number of hydrogen-bond donors (Lipinski definition) is 1. The van der Waals surface area contributed by atoms with E-state index < -0.39 is 0 Å². The number of carbonyl (C=O) groups is 1. The van der Waals surface area contributed by atoms with Crippen LogP contribution in [0.25, 0.3) is 0 Å². The fourth-order valence-corrected chi connectivity index (χ4v) is 3.00. The Hall–Kier alpha value is -3.03. The van der Waals surface area contributed by atoms with E-state index in [1.165, 1.54) is 0 Å². The van der Waals surface area contributed by atoms with E-state index in [0.29, 0.717) is 23.1 Å². The van der Waals surface area contributed by atoms with Gasteiger partial charge < -0.3 is 15.1 Å². The molecule has 1 aromatic carbocycles. The van der Waals surface area contributed by atoms with E-state index in [-0.39, 0.29) is 17.9 Å². The number of benzene rings is 1. The Labute approximate surface area is 145 Å². The highest BCUT2D eigenvalue weighted by Gasteiger charge is 2.37. The fourth-order valence-electron chi connectivity index (χ4n) is 3.00. The van der Waals surface area contributed by atoms with Gasteiger partial charge in [0.15, 0.2) is 5.82 Å². The van der Waals surface area contributed by atoms with Gasteiger partial charge in [0.1, 0.15) is 17.4 Å². The van der Waals surface area contributed by atoms with Gasteiger partial charge in [-0.05, 0) is 35.4 Å². The number of nitrogens with one attached hydrogen (secondary N) is 1. The van der Waals surface area contributed by atoms with Crippen molar-refractivity contribution in [3.05, 3.63) is 35.4 Å². The minimum Gasteiger partial charge on any atom is -0.345 e. The van der Waals surface area contributed by atoms with Crippen molar-refractivity contribution < 1.29 is 4.79 Å². The summed E-state index contributed by atoms with van der Waals surface area (Å²) in [4.78, 5) is 35.4. The number of rotatable bonds is 4. The summed E-state index contributed by atoms with van der Waals surface area (Å²) in [5, 5.41) is 5.97. The molecular formula is C17H20N6O2. The largest absolute Gasteiger partial charge is 0.345 e. The minimum absolute atomic E-state index is 0.0336. The van der Waals surface area contributed by atoms with Gasteiger partial charge in [0.2, 0.25) is 11.9 Å². The van der Waals surface area contributed by atoms with Crippen molar-refractivity contribution in [3.63, 3.8) is 0 Å². The standard InChI is InChI=1S/C17H20N6O2/c1-10(2)14-16(24)22(3)13-9-18-17(20-15(13)23(14)4)19-11-5-7-12(21-25)8-6-11/h5-10,14H,1-4H3,(H,18,19,20). The van der Waals surface area contributed by atoms with Crippen LogP contribution in [0.15, 0.2) is 35.6 Å². The molecular weight excluding hydrogens is 320 g/mol. The molecule has 1 aliphatic heterocycles. The van der Waals surface area contributed by atoms with Gasteiger partial charge in [-0.25, -0.2) is 4.98 Å². The summed E-state index contributed by atoms with van der Waals surface area (Å²) in [6, 6.07) is 6.42. The highest BCUT2D eigenvalue weighted by molar-refractivity contribution is 6.04. The summed E-state index contributed by atoms with van der Waals surface area (Å²) >= 11 is 0. The quantitative estimate of drug-likeness (QED) is 0.860. The Balaban J connectivity index is 1.92. The topological polar surface area (TPSA) is 90.8 Å². The van der Waals surface area contributed by atoms with Gasteiger partial charge in [0.05, 0.1) is 6.20 Å². The lowest BCUT2D eigenvalue weighted by atomic mass is 9.99. The van der Waals surface area contributed by atoms with Crippen LogP contribution < -0.4 is 15.1 Å². The van der Waals surface area contributed by atoms with E-state index in [9.17, 15) is 9.70 Å². The zero-order valence-corrected chi connectivity index (χ0v) is 14.6. The average molecular weight is 340 g/mol. The van der Waals surface area contributed by atoms with Gasteiger partial charge >= 0.3 is 0 Å². The maximum absolute atomic E-state index is 12.6. The van der Waals surface area contributed by atoms with Gasteiger partial charge in [-0.1, -0.05) is 13.8 Å². The van der Waals surface area contributed by atoms with Gasteiger partial charge in [0, 0.05) is 19.8 Å². The van der Waals surface area contributed by atoms with Crippen LogP contribution in [0.3, 0.4) is 0 Å². The fraction of sp³-hybridized carbons (Fsp3) is 0.353. The third-order valence-electron chi connectivity index (χ3n) is 4.31. The maximum atomic E-state index is 12.6. The molecule has 8 nitrogen and oxygen atoms in total. The van der Waals surface area contributed by atoms with Crippen molar-refractivity contribution in [2.75, 3.05) is 29.2 Å². The predicted octanol–water partition coefficient (Wildman–Crippen LogP) is 3.06. The third-order valence-corrected chi connectivity index (χ3v) is 4.31. The Morgan fingerprint density at radius 3 is 2.48 bits per heavy atom. The van der Waals surface area contributed by atoms with Crippen LogP contribution in [-0.4, -0.2) is 36.0 Å². The van der Waals surface area contributed by atoms with Crippen molar-refractivity contribution in [1.29, 1.82) is 0 Å². The van der Waals surface area contributed by atoms with Gasteiger partial charge in [-0.2, -0.15) is 4.98 Å². The second-order valence-corrected chi connectivity index (χ2v) is 6.36. The lowest BCUT2D eigenvalue weighted by molar-refractivity contribution is -0.120. The molecule has 1 aliphatic rings. The normalized spacial score (nSPS) is 16.8. The SMILES string of the molecule is CC(C)C1C(=O)N(C)c2cnc(Nc3ccc(N=O)cc3)nc2N1C. The molecule has 0 saturated heterocycles. The van der Waals surface area contributed by atoms with E-state index in [4.69, 9.17) is 0 Å². The number of anilines is 4. The Morgan fingerprint density at radius 1 is 1.20 bits per heavy atom. The van der Waals surface area contributed by atoms with Gasteiger partial charge in [-0.3, -0.25) is 4.79 Å². The van der Waals surface area contributed by atoms with E-state index in [1.807, 2.05) is 25.8 Å². The van der Waals surface area contributed by atoms with Crippen molar-refractivity contribution in [1.82, 2.24) is 9.97 Å². The molecule has 1 aromatic heterocycles. The summed E-state index contributed by atoms with van der Waals surface area (Å²) in [6.07, 6.45) is 1.64. The lowest BCUT2D eigenvalue weighted by Gasteiger charge is -2.40. The molecule has 25 heavy (non-hydrogen) atoms. The van der Waals surface area contributed by atoms with Gasteiger partial charge in [0.25, 0.3) is 0 Å². The number of nitroso groups, excluding NO2 is 1. The van der Waals surface area contributed by atoms with E-state index in [0.717, 1.165) is 5.69 Å². The molecule has 3 rings (SSSR count). The first-order valence-electron chi connectivity index (χ1n) is 8.00. The number of carbonyl (C=O) groups excluding carboxylic acids is 1. The zero-order valence-electron chi connectivity index (χ0n) is 14.6. The smallest absolute Gasteiger partial charge is 0.249 e. The number of amides is 1. The van der Waals surface area contributed by atoms with Crippen LogP contribution in [0.4, 0.5) is 28.8 Å². The molecule has 2 heterocycles. The number of fused-ring (bicyclic) bond motifs is 1. The van der Waals surface area contributed by atoms with Gasteiger partial charge in [-0.15, -0.1) is 4.91 Å². The summed E-state index contributed by atoms with van der Waals surface area (Å²) in [5.74, 6) is 1.31. The molecule has 1 atom stereocenters. The molecule has 8 heteroatoms. The molecule has 0 aliphatic carbocycles. The maximum Gasteiger partial charge on any atom is 0.249 e. The highest BCUT2D eigenvalue weighted by atomic mass is 16.3. The van der Waals surface area contributed by atoms with Crippen LogP contribution >= 0.6 is 0 Å². The molecule has 1 N–H and O–H groups in total. The summed E-state index contributed by atoms with van der Waals surface area (Å²) in [7, 11) is 3.61. The second-order valence-electron chi connectivity index (χ2n) is 6.36. The highest BCUT2D eigenvalue weighted by Crippen LogP contribution is 2.35. The first kappa shape index (κ1) is 16.8. The molecule has 2 aromatic rings. The van der Waals surface area contributed by atoms with Crippen LogP contribution in [0, 0.1) is 10.8 Å². The molecule has 0 fully saturated rings. The Kier molecular flexibility index (Phi) is 4.35. The Bertz CT molecular complexity index is 805. The molecule has 1 unspecified atom stereocenters. The summed E-state index contributed by atoms with van der Waals surface area (Å²) in [5.41, 5.74) is 1.78. The minimum atomic E-state index is -0.266. The Morgan fingerprint density at radius 2 is 1.88 bits per heavy atom. The first-order valence-corrected chi connectivity index (χ1v) is 8.00. The summed E-state index contributed by atoms with van der Waals surface area (Å²) in [6.45, 7) is 4.03. The number of likely N-dealkylation sites (N-methyl/N-ethyl adjacent to an activating group) is 2. The van der Waals surface area contributed by atoms with E-state index >= 15 is 0 Å². The zero-order chi connectivity index (χ0) is 18.1. The number of nitrogens with zero attached hydrogens (tertiary/aromatic N) is 5. The van der Waals surface area contributed by atoms with Crippen LogP contribution in [0.2, 0.25) is 0 Å². The average Bonchev–Trinajstić information content (AvgIpc) is 2.60. The van der Waals surface area contributed by atoms with Crippen molar-refractivity contribution in [2.45, 2.75) is 19.9 Å². The number of aromatic nitrogens is 2.